The van der Waals surface area contributed by atoms with Crippen LogP contribution in [0.3, 0.4) is 0 Å². The summed E-state index contributed by atoms with van der Waals surface area (Å²) in [5.74, 6) is 2.00. The summed E-state index contributed by atoms with van der Waals surface area (Å²) in [7, 11) is 3.47. The van der Waals surface area contributed by atoms with Crippen molar-refractivity contribution in [1.29, 1.82) is 5.26 Å². The molecule has 0 aliphatic carbocycles. The van der Waals surface area contributed by atoms with E-state index in [1.807, 2.05) is 68.7 Å². The normalized spacial score (nSPS) is 10.5. The summed E-state index contributed by atoms with van der Waals surface area (Å²) in [6.45, 7) is 2.00. The Hall–Kier alpha value is -4.18. The fraction of sp³-hybridized carbons (Fsp3) is 0.130. The van der Waals surface area contributed by atoms with E-state index in [1.165, 1.54) is 0 Å². The molecular weight excluding hydrogens is 378 g/mol. The van der Waals surface area contributed by atoms with E-state index in [1.54, 1.807) is 17.8 Å². The highest BCUT2D eigenvalue weighted by Gasteiger charge is 2.15. The van der Waals surface area contributed by atoms with E-state index < -0.39 is 0 Å². The minimum atomic E-state index is 0.473. The molecule has 0 fully saturated rings. The fourth-order valence-corrected chi connectivity index (χ4v) is 3.33. The molecule has 0 atom stereocenters. The number of rotatable bonds is 6. The molecule has 2 aromatic heterocycles. The number of para-hydroxylation sites is 2. The van der Waals surface area contributed by atoms with Crippen molar-refractivity contribution in [3.8, 4) is 23.3 Å². The number of nitriles is 1. The summed E-state index contributed by atoms with van der Waals surface area (Å²) in [5.41, 5.74) is 4.85. The topological polar surface area (TPSA) is 83.6 Å². The Morgan fingerprint density at radius 2 is 1.80 bits per heavy atom. The van der Waals surface area contributed by atoms with Crippen LogP contribution in [0.2, 0.25) is 0 Å². The van der Waals surface area contributed by atoms with E-state index in [-0.39, 0.29) is 0 Å². The van der Waals surface area contributed by atoms with Gasteiger partial charge in [0.25, 0.3) is 0 Å². The Morgan fingerprint density at radius 3 is 2.47 bits per heavy atom. The third kappa shape index (κ3) is 3.47. The van der Waals surface area contributed by atoms with Gasteiger partial charge in [-0.2, -0.15) is 10.4 Å². The van der Waals surface area contributed by atoms with Gasteiger partial charge in [-0.15, -0.1) is 0 Å². The Labute approximate surface area is 174 Å². The quantitative estimate of drug-likeness (QED) is 0.469. The highest BCUT2D eigenvalue weighted by molar-refractivity contribution is 5.87. The van der Waals surface area contributed by atoms with E-state index in [0.29, 0.717) is 28.5 Å². The lowest BCUT2D eigenvalue weighted by molar-refractivity contribution is 0.379. The van der Waals surface area contributed by atoms with Gasteiger partial charge in [-0.3, -0.25) is 0 Å². The third-order valence-electron chi connectivity index (χ3n) is 4.87. The molecule has 0 aliphatic rings. The van der Waals surface area contributed by atoms with Gasteiger partial charge in [0.2, 0.25) is 0 Å². The van der Waals surface area contributed by atoms with Gasteiger partial charge in [0.15, 0.2) is 11.5 Å². The van der Waals surface area contributed by atoms with Gasteiger partial charge < -0.3 is 20.1 Å². The molecule has 150 valence electrons. The lowest BCUT2D eigenvalue weighted by Crippen LogP contribution is -2.00. The summed E-state index contributed by atoms with van der Waals surface area (Å²) >= 11 is 0. The lowest BCUT2D eigenvalue weighted by Gasteiger charge is -2.13. The predicted octanol–water partition coefficient (Wildman–Crippen LogP) is 5.10. The zero-order chi connectivity index (χ0) is 21.1. The fourth-order valence-electron chi connectivity index (χ4n) is 3.33. The highest BCUT2D eigenvalue weighted by atomic mass is 16.5. The van der Waals surface area contributed by atoms with Gasteiger partial charge in [-0.1, -0.05) is 12.1 Å². The molecule has 2 aromatic carbocycles. The van der Waals surface area contributed by atoms with Crippen LogP contribution in [0.25, 0.3) is 5.52 Å². The first kappa shape index (κ1) is 19.2. The zero-order valence-electron chi connectivity index (χ0n) is 16.9. The molecule has 4 aromatic rings. The van der Waals surface area contributed by atoms with Crippen LogP contribution in [-0.4, -0.2) is 23.8 Å². The number of hydrogen-bond acceptors (Lipinski definition) is 6. The molecule has 0 saturated heterocycles. The van der Waals surface area contributed by atoms with E-state index >= 15 is 0 Å². The smallest absolute Gasteiger partial charge is 0.169 e. The molecule has 2 N–H and O–H groups in total. The van der Waals surface area contributed by atoms with Crippen LogP contribution in [-0.2, 0) is 0 Å². The predicted molar refractivity (Wildman–Crippen MR) is 117 cm³/mol. The van der Waals surface area contributed by atoms with Crippen molar-refractivity contribution in [2.45, 2.75) is 6.92 Å². The first-order valence-corrected chi connectivity index (χ1v) is 9.41. The van der Waals surface area contributed by atoms with Gasteiger partial charge in [0, 0.05) is 18.3 Å². The second-order valence-electron chi connectivity index (χ2n) is 6.66. The maximum absolute atomic E-state index is 9.58. The van der Waals surface area contributed by atoms with Crippen molar-refractivity contribution < 1.29 is 9.47 Å². The number of aryl methyl sites for hydroxylation is 1. The van der Waals surface area contributed by atoms with Crippen molar-refractivity contribution >= 4 is 22.6 Å². The molecule has 0 amide bonds. The van der Waals surface area contributed by atoms with E-state index in [4.69, 9.17) is 9.47 Å². The Bertz CT molecular complexity index is 1240. The Kier molecular flexibility index (Phi) is 5.14. The van der Waals surface area contributed by atoms with Crippen LogP contribution in [0, 0.1) is 18.3 Å². The molecule has 4 rings (SSSR count). The minimum Gasteiger partial charge on any atom is -0.493 e. The number of fused-ring (bicyclic) bond motifs is 1. The molecule has 0 saturated carbocycles. The molecule has 0 unspecified atom stereocenters. The highest BCUT2D eigenvalue weighted by Crippen LogP contribution is 2.34. The molecule has 0 spiro atoms. The van der Waals surface area contributed by atoms with Crippen molar-refractivity contribution in [2.75, 3.05) is 24.8 Å². The van der Waals surface area contributed by atoms with Gasteiger partial charge in [0.1, 0.15) is 11.8 Å². The number of nitrogens with zero attached hydrogens (tertiary/aromatic N) is 3. The molecule has 30 heavy (non-hydrogen) atoms. The van der Waals surface area contributed by atoms with E-state index in [2.05, 4.69) is 21.8 Å². The number of hydrogen-bond donors (Lipinski definition) is 2. The van der Waals surface area contributed by atoms with E-state index in [9.17, 15) is 5.26 Å². The summed E-state index contributed by atoms with van der Waals surface area (Å²) in [5, 5.41) is 20.4. The largest absolute Gasteiger partial charge is 0.493 e. The number of aromatic nitrogens is 2. The standard InChI is InChI=1S/C23H21N5O2/c1-15-19(25-2)14-28-23(15)22(16(12-24)13-26-28)27-17-8-10-18(11-9-17)30-21-7-5-4-6-20(21)29-3/h4-11,13-14,25,27H,1-3H3. The van der Waals surface area contributed by atoms with Gasteiger partial charge in [-0.05, 0) is 43.3 Å². The number of anilines is 3. The molecule has 7 nitrogen and oxygen atoms in total. The number of ether oxygens (including phenoxy) is 2. The molecule has 0 aliphatic heterocycles. The van der Waals surface area contributed by atoms with Crippen LogP contribution in [0.5, 0.6) is 17.2 Å². The first-order valence-electron chi connectivity index (χ1n) is 9.41. The molecule has 2 heterocycles. The van der Waals surface area contributed by atoms with Crippen molar-refractivity contribution in [2.24, 2.45) is 0 Å². The maximum atomic E-state index is 9.58. The molecule has 0 bridgehead atoms. The number of methoxy groups -OCH3 is 1. The number of nitrogens with one attached hydrogen (secondary N) is 2. The van der Waals surface area contributed by atoms with E-state index in [0.717, 1.165) is 22.5 Å². The van der Waals surface area contributed by atoms with Crippen molar-refractivity contribution in [3.05, 3.63) is 72.1 Å². The second-order valence-corrected chi connectivity index (χ2v) is 6.66. The summed E-state index contributed by atoms with van der Waals surface area (Å²) in [6, 6.07) is 17.2. The SMILES string of the molecule is CNc1cn2ncc(C#N)c(Nc3ccc(Oc4ccccc4OC)cc3)c2c1C. The van der Waals surface area contributed by atoms with Crippen LogP contribution in [0.1, 0.15) is 11.1 Å². The molecular formula is C23H21N5O2. The minimum absolute atomic E-state index is 0.473. The maximum Gasteiger partial charge on any atom is 0.169 e. The Morgan fingerprint density at radius 1 is 1.07 bits per heavy atom. The first-order chi connectivity index (χ1) is 14.6. The van der Waals surface area contributed by atoms with Gasteiger partial charge in [-0.25, -0.2) is 4.52 Å². The average Bonchev–Trinajstić information content (AvgIpc) is 3.11. The third-order valence-corrected chi connectivity index (χ3v) is 4.87. The summed E-state index contributed by atoms with van der Waals surface area (Å²) in [6.07, 6.45) is 3.47. The van der Waals surface area contributed by atoms with Gasteiger partial charge in [0.05, 0.1) is 42.0 Å². The van der Waals surface area contributed by atoms with Crippen LogP contribution < -0.4 is 20.1 Å². The van der Waals surface area contributed by atoms with Crippen molar-refractivity contribution in [3.63, 3.8) is 0 Å². The van der Waals surface area contributed by atoms with Crippen molar-refractivity contribution in [1.82, 2.24) is 9.61 Å². The summed E-state index contributed by atoms with van der Waals surface area (Å²) < 4.78 is 13.0. The Balaban J connectivity index is 1.64. The van der Waals surface area contributed by atoms with Gasteiger partial charge >= 0.3 is 0 Å². The number of benzene rings is 2. The second kappa shape index (κ2) is 8.05. The summed E-state index contributed by atoms with van der Waals surface area (Å²) in [4.78, 5) is 0. The van der Waals surface area contributed by atoms with Crippen LogP contribution in [0.4, 0.5) is 17.1 Å². The lowest BCUT2D eigenvalue weighted by atomic mass is 10.1. The van der Waals surface area contributed by atoms with Crippen LogP contribution in [0.15, 0.2) is 60.9 Å². The van der Waals surface area contributed by atoms with Crippen LogP contribution >= 0.6 is 0 Å². The zero-order valence-corrected chi connectivity index (χ0v) is 16.9. The monoisotopic (exact) mass is 399 g/mol. The molecule has 7 heteroatoms. The molecule has 0 radical (unpaired) electrons. The average molecular weight is 399 g/mol.